The maximum Gasteiger partial charge on any atom is 0.323 e. The Morgan fingerprint density at radius 3 is 2.74 bits per heavy atom. The first-order valence-corrected chi connectivity index (χ1v) is 6.57. The molecular formula is C14H19NO4. The molecular weight excluding hydrogens is 246 g/mol. The second-order valence-electron chi connectivity index (χ2n) is 4.50. The molecule has 1 aliphatic rings. The Hall–Kier alpha value is -1.91. The van der Waals surface area contributed by atoms with Crippen molar-refractivity contribution in [2.24, 2.45) is 0 Å². The number of anilines is 1. The molecule has 0 unspecified atom stereocenters. The highest BCUT2D eigenvalue weighted by Gasteiger charge is 2.16. The molecule has 0 spiro atoms. The van der Waals surface area contributed by atoms with Gasteiger partial charge in [-0.2, -0.15) is 0 Å². The van der Waals surface area contributed by atoms with Crippen LogP contribution < -0.4 is 14.4 Å². The van der Waals surface area contributed by atoms with Crippen LogP contribution in [0.3, 0.4) is 0 Å². The van der Waals surface area contributed by atoms with E-state index >= 15 is 0 Å². The minimum atomic E-state index is -0.828. The van der Waals surface area contributed by atoms with Crippen LogP contribution >= 0.6 is 0 Å². The third-order valence-corrected chi connectivity index (χ3v) is 3.00. The van der Waals surface area contributed by atoms with E-state index in [0.717, 1.165) is 30.8 Å². The number of ether oxygens (including phenoxy) is 2. The highest BCUT2D eigenvalue weighted by molar-refractivity contribution is 5.74. The van der Waals surface area contributed by atoms with Gasteiger partial charge in [0.25, 0.3) is 0 Å². The Labute approximate surface area is 112 Å². The van der Waals surface area contributed by atoms with Crippen molar-refractivity contribution in [2.45, 2.75) is 19.8 Å². The normalized spacial score (nSPS) is 13.1. The lowest BCUT2D eigenvalue weighted by Gasteiger charge is -2.25. The third-order valence-electron chi connectivity index (χ3n) is 3.00. The molecule has 0 fully saturated rings. The fraction of sp³-hybridized carbons (Fsp3) is 0.500. The minimum Gasteiger partial charge on any atom is -0.486 e. The van der Waals surface area contributed by atoms with Crippen molar-refractivity contribution in [3.05, 3.63) is 18.2 Å². The van der Waals surface area contributed by atoms with E-state index < -0.39 is 5.97 Å². The lowest BCUT2D eigenvalue weighted by atomic mass is 10.2. The molecule has 1 N–H and O–H groups in total. The van der Waals surface area contributed by atoms with Crippen molar-refractivity contribution in [3.63, 3.8) is 0 Å². The molecule has 0 aliphatic carbocycles. The summed E-state index contributed by atoms with van der Waals surface area (Å²) >= 11 is 0. The summed E-state index contributed by atoms with van der Waals surface area (Å²) in [5.41, 5.74) is 0.861. The van der Waals surface area contributed by atoms with Gasteiger partial charge in [0.05, 0.1) is 0 Å². The molecule has 2 rings (SSSR count). The second kappa shape index (κ2) is 6.31. The van der Waals surface area contributed by atoms with E-state index in [2.05, 4.69) is 6.92 Å². The summed E-state index contributed by atoms with van der Waals surface area (Å²) in [6.45, 7) is 3.90. The number of carboxylic acid groups (broad SMARTS) is 1. The lowest BCUT2D eigenvalue weighted by Crippen LogP contribution is -2.30. The van der Waals surface area contributed by atoms with Crippen molar-refractivity contribution in [2.75, 3.05) is 31.2 Å². The first-order chi connectivity index (χ1) is 9.20. The van der Waals surface area contributed by atoms with E-state index in [-0.39, 0.29) is 6.54 Å². The molecule has 1 aliphatic heterocycles. The zero-order valence-corrected chi connectivity index (χ0v) is 11.1. The molecule has 1 aromatic carbocycles. The van der Waals surface area contributed by atoms with Crippen LogP contribution in [0, 0.1) is 0 Å². The summed E-state index contributed by atoms with van der Waals surface area (Å²) in [7, 11) is 0. The molecule has 0 radical (unpaired) electrons. The van der Waals surface area contributed by atoms with Gasteiger partial charge in [-0.25, -0.2) is 0 Å². The predicted molar refractivity (Wildman–Crippen MR) is 72.2 cm³/mol. The molecule has 0 aromatic heterocycles. The monoisotopic (exact) mass is 265 g/mol. The number of aliphatic carboxylic acids is 1. The fourth-order valence-corrected chi connectivity index (χ4v) is 2.04. The third kappa shape index (κ3) is 3.53. The van der Waals surface area contributed by atoms with Crippen LogP contribution in [0.25, 0.3) is 0 Å². The van der Waals surface area contributed by atoms with Gasteiger partial charge in [-0.05, 0) is 18.6 Å². The van der Waals surface area contributed by atoms with Gasteiger partial charge in [0, 0.05) is 18.3 Å². The molecule has 0 saturated carbocycles. The van der Waals surface area contributed by atoms with Crippen molar-refractivity contribution in [3.8, 4) is 11.5 Å². The van der Waals surface area contributed by atoms with Crippen LogP contribution in [0.4, 0.5) is 5.69 Å². The Balaban J connectivity index is 2.17. The Morgan fingerprint density at radius 2 is 2.05 bits per heavy atom. The standard InChI is InChI=1S/C14H19NO4/c1-2-3-6-15(10-14(16)17)11-4-5-12-13(9-11)19-8-7-18-12/h4-5,9H,2-3,6-8,10H2,1H3,(H,16,17). The topological polar surface area (TPSA) is 59.0 Å². The summed E-state index contributed by atoms with van der Waals surface area (Å²) < 4.78 is 11.0. The van der Waals surface area contributed by atoms with E-state index in [4.69, 9.17) is 14.6 Å². The average molecular weight is 265 g/mol. The zero-order valence-electron chi connectivity index (χ0n) is 11.1. The van der Waals surface area contributed by atoms with Crippen molar-refractivity contribution >= 4 is 11.7 Å². The number of hydrogen-bond donors (Lipinski definition) is 1. The highest BCUT2D eigenvalue weighted by atomic mass is 16.6. The van der Waals surface area contributed by atoms with E-state index in [1.54, 1.807) is 0 Å². The molecule has 5 nitrogen and oxygen atoms in total. The molecule has 0 amide bonds. The predicted octanol–water partition coefficient (Wildman–Crippen LogP) is 2.15. The molecule has 1 aromatic rings. The number of hydrogen-bond acceptors (Lipinski definition) is 4. The molecule has 19 heavy (non-hydrogen) atoms. The Morgan fingerprint density at radius 1 is 1.32 bits per heavy atom. The number of rotatable bonds is 6. The Kier molecular flexibility index (Phi) is 4.49. The molecule has 104 valence electrons. The number of unbranched alkanes of at least 4 members (excludes halogenated alkanes) is 1. The van der Waals surface area contributed by atoms with E-state index in [0.29, 0.717) is 19.0 Å². The van der Waals surface area contributed by atoms with Gasteiger partial charge in [-0.3, -0.25) is 4.79 Å². The van der Waals surface area contributed by atoms with Gasteiger partial charge in [-0.1, -0.05) is 13.3 Å². The van der Waals surface area contributed by atoms with Gasteiger partial charge in [0.2, 0.25) is 0 Å². The van der Waals surface area contributed by atoms with E-state index in [1.165, 1.54) is 0 Å². The molecule has 1 heterocycles. The summed E-state index contributed by atoms with van der Waals surface area (Å²) in [6, 6.07) is 5.57. The summed E-state index contributed by atoms with van der Waals surface area (Å²) in [5.74, 6) is 0.586. The first-order valence-electron chi connectivity index (χ1n) is 6.57. The first kappa shape index (κ1) is 13.5. The van der Waals surface area contributed by atoms with Crippen molar-refractivity contribution < 1.29 is 19.4 Å². The molecule has 0 saturated heterocycles. The Bertz CT molecular complexity index is 447. The smallest absolute Gasteiger partial charge is 0.323 e. The number of nitrogens with zero attached hydrogens (tertiary/aromatic N) is 1. The number of carbonyl (C=O) groups is 1. The highest BCUT2D eigenvalue weighted by Crippen LogP contribution is 2.34. The van der Waals surface area contributed by atoms with Gasteiger partial charge < -0.3 is 19.5 Å². The van der Waals surface area contributed by atoms with Crippen LogP contribution in [0.1, 0.15) is 19.8 Å². The lowest BCUT2D eigenvalue weighted by molar-refractivity contribution is -0.135. The average Bonchev–Trinajstić information content (AvgIpc) is 2.42. The number of fused-ring (bicyclic) bond motifs is 1. The van der Waals surface area contributed by atoms with Crippen LogP contribution in [0.2, 0.25) is 0 Å². The number of carboxylic acids is 1. The maximum atomic E-state index is 10.9. The van der Waals surface area contributed by atoms with Crippen molar-refractivity contribution in [1.29, 1.82) is 0 Å². The molecule has 0 bridgehead atoms. The SMILES string of the molecule is CCCCN(CC(=O)O)c1ccc2c(c1)OCCO2. The zero-order chi connectivity index (χ0) is 13.7. The van der Waals surface area contributed by atoms with E-state index in [1.807, 2.05) is 23.1 Å². The largest absolute Gasteiger partial charge is 0.486 e. The van der Waals surface area contributed by atoms with Gasteiger partial charge in [0.15, 0.2) is 11.5 Å². The van der Waals surface area contributed by atoms with Crippen LogP contribution in [0.15, 0.2) is 18.2 Å². The summed E-state index contributed by atoms with van der Waals surface area (Å²) in [6.07, 6.45) is 1.99. The van der Waals surface area contributed by atoms with E-state index in [9.17, 15) is 4.79 Å². The number of benzene rings is 1. The summed E-state index contributed by atoms with van der Waals surface area (Å²) in [4.78, 5) is 12.8. The summed E-state index contributed by atoms with van der Waals surface area (Å²) in [5, 5.41) is 8.99. The molecule has 0 atom stereocenters. The van der Waals surface area contributed by atoms with Crippen molar-refractivity contribution in [1.82, 2.24) is 0 Å². The van der Waals surface area contributed by atoms with Gasteiger partial charge in [0.1, 0.15) is 19.8 Å². The maximum absolute atomic E-state index is 10.9. The van der Waals surface area contributed by atoms with Crippen LogP contribution in [0.5, 0.6) is 11.5 Å². The second-order valence-corrected chi connectivity index (χ2v) is 4.50. The quantitative estimate of drug-likeness (QED) is 0.854. The van der Waals surface area contributed by atoms with Crippen LogP contribution in [-0.2, 0) is 4.79 Å². The minimum absolute atomic E-state index is 0.000353. The van der Waals surface area contributed by atoms with Gasteiger partial charge >= 0.3 is 5.97 Å². The fourth-order valence-electron chi connectivity index (χ4n) is 2.04. The molecule has 5 heteroatoms. The van der Waals surface area contributed by atoms with Crippen LogP contribution in [-0.4, -0.2) is 37.4 Å². The van der Waals surface area contributed by atoms with Gasteiger partial charge in [-0.15, -0.1) is 0 Å².